The zero-order valence-electron chi connectivity index (χ0n) is 20.2. The maximum absolute atomic E-state index is 13.3. The van der Waals surface area contributed by atoms with Crippen molar-refractivity contribution in [2.24, 2.45) is 5.92 Å². The molecule has 1 aliphatic heterocycles. The van der Waals surface area contributed by atoms with Gasteiger partial charge >= 0.3 is 5.97 Å². The molecule has 186 valence electrons. The Hall–Kier alpha value is -3.29. The highest BCUT2D eigenvalue weighted by molar-refractivity contribution is 7.92. The highest BCUT2D eigenvalue weighted by Crippen LogP contribution is 2.51. The van der Waals surface area contributed by atoms with Crippen LogP contribution in [0.1, 0.15) is 51.0 Å². The van der Waals surface area contributed by atoms with Gasteiger partial charge in [0.05, 0.1) is 23.7 Å². The number of carbonyl (C=O) groups is 1. The van der Waals surface area contributed by atoms with Crippen molar-refractivity contribution >= 4 is 39.0 Å². The first-order valence-corrected chi connectivity index (χ1v) is 13.6. The van der Waals surface area contributed by atoms with E-state index < -0.39 is 10.0 Å². The summed E-state index contributed by atoms with van der Waals surface area (Å²) in [5.41, 5.74) is 5.83. The van der Waals surface area contributed by atoms with Gasteiger partial charge in [0.1, 0.15) is 4.90 Å². The summed E-state index contributed by atoms with van der Waals surface area (Å²) in [6, 6.07) is 16.2. The van der Waals surface area contributed by atoms with E-state index in [9.17, 15) is 13.2 Å². The van der Waals surface area contributed by atoms with Gasteiger partial charge in [0.25, 0.3) is 10.0 Å². The van der Waals surface area contributed by atoms with Gasteiger partial charge in [-0.3, -0.25) is 4.72 Å². The molecule has 1 aliphatic carbocycles. The van der Waals surface area contributed by atoms with Crippen molar-refractivity contribution in [2.75, 3.05) is 17.1 Å². The maximum Gasteiger partial charge on any atom is 0.337 e. The number of nitrogens with one attached hydrogen (secondary N) is 2. The average Bonchev–Trinajstić information content (AvgIpc) is 3.35. The van der Waals surface area contributed by atoms with Crippen LogP contribution in [-0.2, 0) is 14.8 Å². The Bertz CT molecular complexity index is 1480. The highest BCUT2D eigenvalue weighted by atomic mass is 35.5. The monoisotopic (exact) mass is 522 g/mol. The van der Waals surface area contributed by atoms with E-state index >= 15 is 0 Å². The normalized spacial score (nSPS) is 20.3. The number of rotatable bonds is 5. The van der Waals surface area contributed by atoms with Crippen LogP contribution in [0.2, 0.25) is 5.02 Å². The van der Waals surface area contributed by atoms with E-state index in [1.54, 1.807) is 30.3 Å². The topological polar surface area (TPSA) is 84.5 Å². The molecular weight excluding hydrogens is 496 g/mol. The summed E-state index contributed by atoms with van der Waals surface area (Å²) in [5, 5.41) is 3.73. The highest BCUT2D eigenvalue weighted by Gasteiger charge is 2.39. The summed E-state index contributed by atoms with van der Waals surface area (Å²) in [6.07, 6.45) is 5.13. The largest absolute Gasteiger partial charge is 0.465 e. The zero-order chi connectivity index (χ0) is 25.6. The van der Waals surface area contributed by atoms with E-state index in [1.165, 1.54) is 7.11 Å². The molecule has 0 amide bonds. The van der Waals surface area contributed by atoms with Crippen LogP contribution in [0.15, 0.2) is 71.6 Å². The van der Waals surface area contributed by atoms with Gasteiger partial charge in [-0.1, -0.05) is 42.0 Å². The summed E-state index contributed by atoms with van der Waals surface area (Å²) in [6.45, 7) is 3.92. The number of carbonyl (C=O) groups excluding carboxylic acids is 1. The number of sulfonamides is 1. The van der Waals surface area contributed by atoms with E-state index in [-0.39, 0.29) is 33.8 Å². The number of ether oxygens (including phenoxy) is 1. The second kappa shape index (κ2) is 9.30. The summed E-state index contributed by atoms with van der Waals surface area (Å²) < 4.78 is 34.1. The molecule has 0 aromatic heterocycles. The second-order valence-corrected chi connectivity index (χ2v) is 11.4. The van der Waals surface area contributed by atoms with Crippen LogP contribution in [0.3, 0.4) is 0 Å². The Kier molecular flexibility index (Phi) is 6.30. The molecule has 6 nitrogen and oxygen atoms in total. The van der Waals surface area contributed by atoms with Crippen LogP contribution < -0.4 is 10.0 Å². The van der Waals surface area contributed by atoms with E-state index in [0.717, 1.165) is 34.4 Å². The van der Waals surface area contributed by atoms with Gasteiger partial charge in [0, 0.05) is 17.3 Å². The number of hydrogen-bond acceptors (Lipinski definition) is 5. The van der Waals surface area contributed by atoms with Crippen LogP contribution in [0.5, 0.6) is 0 Å². The van der Waals surface area contributed by atoms with Crippen LogP contribution >= 0.6 is 11.6 Å². The minimum Gasteiger partial charge on any atom is -0.465 e. The van der Waals surface area contributed by atoms with Gasteiger partial charge in [-0.15, -0.1) is 0 Å². The standard InChI is InChI=1S/C28H27ClN2O4S/c1-16-7-12-20(13-17(16)2)31-36(33,34)26-14-23-21-5-4-6-22(21)27(30-25(23)15-24(26)29)18-8-10-19(11-9-18)28(32)35-3/h4-5,7-15,21-22,27,30-31H,6H2,1-3H3/t21-,22+,27-/m0/s1. The molecule has 2 N–H and O–H groups in total. The van der Waals surface area contributed by atoms with Crippen LogP contribution in [0, 0.1) is 19.8 Å². The third-order valence-corrected chi connectivity index (χ3v) is 9.00. The molecule has 36 heavy (non-hydrogen) atoms. The van der Waals surface area contributed by atoms with Gasteiger partial charge in [0.15, 0.2) is 0 Å². The third kappa shape index (κ3) is 4.38. The van der Waals surface area contributed by atoms with Crippen LogP contribution in [-0.4, -0.2) is 21.5 Å². The van der Waals surface area contributed by atoms with Gasteiger partial charge in [-0.25, -0.2) is 13.2 Å². The Morgan fingerprint density at radius 3 is 2.50 bits per heavy atom. The molecule has 3 aromatic carbocycles. The van der Waals surface area contributed by atoms with Crippen LogP contribution in [0.4, 0.5) is 11.4 Å². The number of methoxy groups -OCH3 is 1. The van der Waals surface area contributed by atoms with Crippen molar-refractivity contribution in [2.45, 2.75) is 37.1 Å². The fourth-order valence-corrected chi connectivity index (χ4v) is 6.70. The number of halogens is 1. The van der Waals surface area contributed by atoms with Gasteiger partial charge in [-0.2, -0.15) is 0 Å². The van der Waals surface area contributed by atoms with E-state index in [4.69, 9.17) is 16.3 Å². The van der Waals surface area contributed by atoms with Gasteiger partial charge < -0.3 is 10.1 Å². The first-order chi connectivity index (χ1) is 17.2. The van der Waals surface area contributed by atoms with Gasteiger partial charge in [0.2, 0.25) is 0 Å². The number of fused-ring (bicyclic) bond motifs is 3. The Labute approximate surface area is 216 Å². The fourth-order valence-electron chi connectivity index (χ4n) is 5.09. The summed E-state index contributed by atoms with van der Waals surface area (Å²) >= 11 is 6.55. The summed E-state index contributed by atoms with van der Waals surface area (Å²) in [4.78, 5) is 11.9. The Morgan fingerprint density at radius 1 is 1.06 bits per heavy atom. The predicted molar refractivity (Wildman–Crippen MR) is 142 cm³/mol. The number of aryl methyl sites for hydroxylation is 2. The summed E-state index contributed by atoms with van der Waals surface area (Å²) in [5.74, 6) is -0.135. The van der Waals surface area contributed by atoms with Crippen molar-refractivity contribution in [3.8, 4) is 0 Å². The number of anilines is 2. The van der Waals surface area contributed by atoms with E-state index in [2.05, 4.69) is 22.2 Å². The quantitative estimate of drug-likeness (QED) is 0.300. The number of allylic oxidation sites excluding steroid dienone is 2. The third-order valence-electron chi connectivity index (χ3n) is 7.15. The molecule has 0 saturated carbocycles. The molecule has 3 aromatic rings. The van der Waals surface area contributed by atoms with Crippen molar-refractivity contribution < 1.29 is 17.9 Å². The van der Waals surface area contributed by atoms with E-state index in [1.807, 2.05) is 38.1 Å². The average molecular weight is 523 g/mol. The Morgan fingerprint density at radius 2 is 1.81 bits per heavy atom. The van der Waals surface area contributed by atoms with Crippen molar-refractivity contribution in [1.29, 1.82) is 0 Å². The molecule has 0 unspecified atom stereocenters. The molecular formula is C28H27ClN2O4S. The first kappa shape index (κ1) is 24.4. The lowest BCUT2D eigenvalue weighted by atomic mass is 9.77. The van der Waals surface area contributed by atoms with Crippen LogP contribution in [0.25, 0.3) is 0 Å². The van der Waals surface area contributed by atoms with Crippen molar-refractivity contribution in [3.63, 3.8) is 0 Å². The maximum atomic E-state index is 13.3. The smallest absolute Gasteiger partial charge is 0.337 e. The summed E-state index contributed by atoms with van der Waals surface area (Å²) in [7, 11) is -2.53. The molecule has 1 heterocycles. The first-order valence-electron chi connectivity index (χ1n) is 11.7. The SMILES string of the molecule is COC(=O)c1ccc([C@@H]2Nc3cc(Cl)c(S(=O)(=O)Nc4ccc(C)c(C)c4)cc3[C@H]3C=CC[C@H]32)cc1. The molecule has 0 spiro atoms. The van der Waals surface area contributed by atoms with Gasteiger partial charge in [-0.05, 0) is 84.8 Å². The lowest BCUT2D eigenvalue weighted by Gasteiger charge is -2.38. The minimum absolute atomic E-state index is 0.0172. The molecule has 3 atom stereocenters. The lowest BCUT2D eigenvalue weighted by Crippen LogP contribution is -2.29. The Balaban J connectivity index is 1.48. The number of benzene rings is 3. The fraction of sp³-hybridized carbons (Fsp3) is 0.250. The second-order valence-electron chi connectivity index (χ2n) is 9.36. The van der Waals surface area contributed by atoms with Crippen molar-refractivity contribution in [3.05, 3.63) is 99.6 Å². The van der Waals surface area contributed by atoms with E-state index in [0.29, 0.717) is 11.3 Å². The molecule has 0 saturated heterocycles. The number of hydrogen-bond donors (Lipinski definition) is 2. The number of esters is 1. The molecule has 0 radical (unpaired) electrons. The molecule has 5 rings (SSSR count). The molecule has 0 fully saturated rings. The zero-order valence-corrected chi connectivity index (χ0v) is 21.8. The molecule has 2 aliphatic rings. The van der Waals surface area contributed by atoms with Crippen molar-refractivity contribution in [1.82, 2.24) is 0 Å². The minimum atomic E-state index is -3.89. The lowest BCUT2D eigenvalue weighted by molar-refractivity contribution is 0.0600. The predicted octanol–water partition coefficient (Wildman–Crippen LogP) is 6.37. The molecule has 0 bridgehead atoms. The molecule has 8 heteroatoms.